The molecule has 0 amide bonds. The summed E-state index contributed by atoms with van der Waals surface area (Å²) in [6.45, 7) is 5.92. The topological polar surface area (TPSA) is 52.1 Å². The summed E-state index contributed by atoms with van der Waals surface area (Å²) in [6, 6.07) is 4.39. The van der Waals surface area contributed by atoms with Gasteiger partial charge in [0.2, 0.25) is 0 Å². The molecule has 0 aliphatic heterocycles. The number of imidazole rings is 1. The summed E-state index contributed by atoms with van der Waals surface area (Å²) in [5.74, 6) is 0.933. The maximum atomic E-state index is 9.54. The van der Waals surface area contributed by atoms with Crippen LogP contribution in [0, 0.1) is 6.92 Å². The number of aliphatic hydroxyl groups excluding tert-OH is 1. The van der Waals surface area contributed by atoms with E-state index in [9.17, 15) is 5.11 Å². The van der Waals surface area contributed by atoms with Gasteiger partial charge < -0.3 is 10.1 Å². The highest BCUT2D eigenvalue weighted by Crippen LogP contribution is 2.17. The Bertz CT molecular complexity index is 477. The number of aliphatic hydroxyl groups is 1. The first-order chi connectivity index (χ1) is 9.22. The molecule has 4 nitrogen and oxygen atoms in total. The zero-order chi connectivity index (χ0) is 13.7. The van der Waals surface area contributed by atoms with Crippen LogP contribution in [-0.2, 0) is 13.1 Å². The molecule has 2 aromatic heterocycles. The molecule has 1 atom stereocenters. The van der Waals surface area contributed by atoms with Crippen molar-refractivity contribution in [3.63, 3.8) is 0 Å². The summed E-state index contributed by atoms with van der Waals surface area (Å²) in [4.78, 5) is 11.1. The van der Waals surface area contributed by atoms with Crippen LogP contribution in [0.15, 0.2) is 23.7 Å². The molecule has 104 valence electrons. The van der Waals surface area contributed by atoms with E-state index in [0.717, 1.165) is 31.0 Å². The number of hydrogen-bond donors (Lipinski definition) is 2. The quantitative estimate of drug-likeness (QED) is 0.819. The number of hydrogen-bond acceptors (Lipinski definition) is 4. The molecule has 19 heavy (non-hydrogen) atoms. The van der Waals surface area contributed by atoms with Crippen molar-refractivity contribution in [3.8, 4) is 0 Å². The lowest BCUT2D eigenvalue weighted by Gasteiger charge is -2.28. The molecular formula is C14H21N3OS. The first-order valence-corrected chi connectivity index (χ1v) is 7.48. The van der Waals surface area contributed by atoms with Crippen LogP contribution < -0.4 is 0 Å². The molecular weight excluding hydrogens is 258 g/mol. The number of aromatic amines is 1. The van der Waals surface area contributed by atoms with Gasteiger partial charge in [0.25, 0.3) is 0 Å². The van der Waals surface area contributed by atoms with Crippen molar-refractivity contribution >= 4 is 11.3 Å². The van der Waals surface area contributed by atoms with E-state index >= 15 is 0 Å². The molecule has 0 radical (unpaired) electrons. The van der Waals surface area contributed by atoms with Crippen LogP contribution >= 0.6 is 11.3 Å². The van der Waals surface area contributed by atoms with Crippen molar-refractivity contribution in [2.24, 2.45) is 0 Å². The summed E-state index contributed by atoms with van der Waals surface area (Å²) >= 11 is 1.76. The molecule has 0 aromatic carbocycles. The van der Waals surface area contributed by atoms with Gasteiger partial charge in [0.1, 0.15) is 5.82 Å². The van der Waals surface area contributed by atoms with E-state index < -0.39 is 0 Å². The maximum Gasteiger partial charge on any atom is 0.103 e. The van der Waals surface area contributed by atoms with Gasteiger partial charge in [-0.15, -0.1) is 11.3 Å². The second-order valence-electron chi connectivity index (χ2n) is 4.72. The standard InChI is InChI=1S/C14H21N3OS/c1-3-13(10-18)17(9-14-5-4-6-19-14)8-12-7-15-11(2)16-12/h4-7,13,18H,3,8-10H2,1-2H3,(H,15,16)/t13-/m1/s1. The van der Waals surface area contributed by atoms with Gasteiger partial charge in [-0.3, -0.25) is 4.90 Å². The molecule has 5 heteroatoms. The first kappa shape index (κ1) is 14.2. The van der Waals surface area contributed by atoms with Crippen molar-refractivity contribution in [1.82, 2.24) is 14.9 Å². The van der Waals surface area contributed by atoms with Crippen LogP contribution in [0.4, 0.5) is 0 Å². The lowest BCUT2D eigenvalue weighted by molar-refractivity contribution is 0.106. The van der Waals surface area contributed by atoms with Crippen molar-refractivity contribution in [2.45, 2.75) is 39.4 Å². The lowest BCUT2D eigenvalue weighted by atomic mass is 10.2. The molecule has 0 aliphatic rings. The number of nitrogens with one attached hydrogen (secondary N) is 1. The average Bonchev–Trinajstić information content (AvgIpc) is 3.03. The van der Waals surface area contributed by atoms with Gasteiger partial charge in [-0.25, -0.2) is 4.98 Å². The Labute approximate surface area is 118 Å². The average molecular weight is 279 g/mol. The number of H-pyrrole nitrogens is 1. The Hall–Kier alpha value is -1.17. The third-order valence-corrected chi connectivity index (χ3v) is 4.13. The minimum atomic E-state index is 0.186. The van der Waals surface area contributed by atoms with Crippen LogP contribution in [0.1, 0.15) is 29.7 Å². The normalized spacial score (nSPS) is 13.1. The Morgan fingerprint density at radius 1 is 1.47 bits per heavy atom. The molecule has 2 rings (SSSR count). The van der Waals surface area contributed by atoms with Gasteiger partial charge in [-0.2, -0.15) is 0 Å². The van der Waals surface area contributed by atoms with Gasteiger partial charge in [0.15, 0.2) is 0 Å². The van der Waals surface area contributed by atoms with Gasteiger partial charge in [-0.05, 0) is 24.8 Å². The van der Waals surface area contributed by atoms with E-state index in [4.69, 9.17) is 0 Å². The second kappa shape index (κ2) is 6.84. The molecule has 0 spiro atoms. The smallest absolute Gasteiger partial charge is 0.103 e. The molecule has 2 N–H and O–H groups in total. The number of thiophene rings is 1. The zero-order valence-electron chi connectivity index (χ0n) is 11.5. The zero-order valence-corrected chi connectivity index (χ0v) is 12.3. The highest BCUT2D eigenvalue weighted by atomic mass is 32.1. The number of aryl methyl sites for hydroxylation is 1. The van der Waals surface area contributed by atoms with E-state index in [1.54, 1.807) is 11.3 Å². The monoisotopic (exact) mass is 279 g/mol. The van der Waals surface area contributed by atoms with Crippen LogP contribution in [-0.4, -0.2) is 32.6 Å². The molecule has 0 aliphatic carbocycles. The molecule has 0 fully saturated rings. The molecule has 2 heterocycles. The maximum absolute atomic E-state index is 9.54. The Kier molecular flexibility index (Phi) is 5.13. The van der Waals surface area contributed by atoms with Crippen molar-refractivity contribution in [3.05, 3.63) is 40.1 Å². The minimum absolute atomic E-state index is 0.186. The molecule has 0 saturated carbocycles. The summed E-state index contributed by atoms with van der Waals surface area (Å²) < 4.78 is 0. The summed E-state index contributed by atoms with van der Waals surface area (Å²) in [6.07, 6.45) is 2.82. The fourth-order valence-corrected chi connectivity index (χ4v) is 2.92. The summed E-state index contributed by atoms with van der Waals surface area (Å²) in [5, 5.41) is 11.6. The SMILES string of the molecule is CC[C@H](CO)N(Cc1cnc(C)[nH]1)Cc1cccs1. The fraction of sp³-hybridized carbons (Fsp3) is 0.500. The predicted molar refractivity (Wildman–Crippen MR) is 78.1 cm³/mol. The van der Waals surface area contributed by atoms with Crippen LogP contribution in [0.3, 0.4) is 0 Å². The molecule has 0 bridgehead atoms. The Morgan fingerprint density at radius 3 is 2.84 bits per heavy atom. The largest absolute Gasteiger partial charge is 0.395 e. The van der Waals surface area contributed by atoms with E-state index in [-0.39, 0.29) is 12.6 Å². The molecule has 2 aromatic rings. The number of nitrogens with zero attached hydrogens (tertiary/aromatic N) is 2. The fourth-order valence-electron chi connectivity index (χ4n) is 2.19. The van der Waals surface area contributed by atoms with Gasteiger partial charge in [0.05, 0.1) is 6.61 Å². The van der Waals surface area contributed by atoms with Crippen molar-refractivity contribution in [1.29, 1.82) is 0 Å². The highest BCUT2D eigenvalue weighted by molar-refractivity contribution is 7.09. The third kappa shape index (κ3) is 3.89. The van der Waals surface area contributed by atoms with E-state index in [2.05, 4.69) is 39.3 Å². The first-order valence-electron chi connectivity index (χ1n) is 6.60. The number of aromatic nitrogens is 2. The highest BCUT2D eigenvalue weighted by Gasteiger charge is 2.18. The Balaban J connectivity index is 2.09. The van der Waals surface area contributed by atoms with E-state index in [1.165, 1.54) is 4.88 Å². The third-order valence-electron chi connectivity index (χ3n) is 3.27. The van der Waals surface area contributed by atoms with Gasteiger partial charge in [0, 0.05) is 35.9 Å². The Morgan fingerprint density at radius 2 is 2.32 bits per heavy atom. The van der Waals surface area contributed by atoms with Gasteiger partial charge >= 0.3 is 0 Å². The second-order valence-corrected chi connectivity index (χ2v) is 5.76. The van der Waals surface area contributed by atoms with Crippen molar-refractivity contribution in [2.75, 3.05) is 6.61 Å². The summed E-state index contributed by atoms with van der Waals surface area (Å²) in [7, 11) is 0. The predicted octanol–water partition coefficient (Wildman–Crippen LogP) is 2.55. The van der Waals surface area contributed by atoms with Gasteiger partial charge in [-0.1, -0.05) is 13.0 Å². The van der Waals surface area contributed by atoms with E-state index in [0.29, 0.717) is 0 Å². The van der Waals surface area contributed by atoms with Crippen LogP contribution in [0.2, 0.25) is 0 Å². The molecule has 0 saturated heterocycles. The lowest BCUT2D eigenvalue weighted by Crippen LogP contribution is -2.36. The van der Waals surface area contributed by atoms with E-state index in [1.807, 2.05) is 13.1 Å². The van der Waals surface area contributed by atoms with Crippen molar-refractivity contribution < 1.29 is 5.11 Å². The van der Waals surface area contributed by atoms with Crippen LogP contribution in [0.5, 0.6) is 0 Å². The summed E-state index contributed by atoms with van der Waals surface area (Å²) in [5.41, 5.74) is 1.10. The minimum Gasteiger partial charge on any atom is -0.395 e. The van der Waals surface area contributed by atoms with Crippen LogP contribution in [0.25, 0.3) is 0 Å². The molecule has 0 unspecified atom stereocenters. The number of rotatable bonds is 7.